The van der Waals surface area contributed by atoms with Crippen LogP contribution in [0, 0.1) is 0 Å². The molecule has 1 N–H and O–H groups in total. The molecule has 1 aliphatic rings. The van der Waals surface area contributed by atoms with Crippen LogP contribution in [0.2, 0.25) is 0 Å². The molecule has 2 heterocycles. The standard InChI is InChI=1S/C19H28N2/c1-6-7-12-21-15-11-9-8-10-14(15)17-16(21)13-18(2,3)20-19(17,4)5/h8-11,20H,6-7,12-13H2,1-5H3. The molecule has 21 heavy (non-hydrogen) atoms. The number of fused-ring (bicyclic) bond motifs is 3. The van der Waals surface area contributed by atoms with Gasteiger partial charge in [0.15, 0.2) is 0 Å². The maximum Gasteiger partial charge on any atom is 0.0486 e. The summed E-state index contributed by atoms with van der Waals surface area (Å²) >= 11 is 0. The van der Waals surface area contributed by atoms with Gasteiger partial charge < -0.3 is 9.88 Å². The molecule has 1 aromatic carbocycles. The van der Waals surface area contributed by atoms with E-state index in [-0.39, 0.29) is 11.1 Å². The van der Waals surface area contributed by atoms with Gasteiger partial charge in [0.2, 0.25) is 0 Å². The van der Waals surface area contributed by atoms with E-state index in [0.29, 0.717) is 0 Å². The molecular weight excluding hydrogens is 256 g/mol. The number of rotatable bonds is 3. The first kappa shape index (κ1) is 14.6. The van der Waals surface area contributed by atoms with Gasteiger partial charge in [-0.05, 0) is 40.2 Å². The van der Waals surface area contributed by atoms with Crippen molar-refractivity contribution in [1.29, 1.82) is 0 Å². The summed E-state index contributed by atoms with van der Waals surface area (Å²) in [7, 11) is 0. The van der Waals surface area contributed by atoms with Gasteiger partial charge in [-0.3, -0.25) is 0 Å². The molecule has 1 aromatic heterocycles. The van der Waals surface area contributed by atoms with Crippen LogP contribution in [-0.2, 0) is 18.5 Å². The van der Waals surface area contributed by atoms with E-state index in [1.165, 1.54) is 29.3 Å². The molecule has 114 valence electrons. The second-order valence-electron chi connectivity index (χ2n) is 7.65. The maximum absolute atomic E-state index is 3.84. The molecule has 2 heteroatoms. The van der Waals surface area contributed by atoms with E-state index in [9.17, 15) is 0 Å². The Morgan fingerprint density at radius 3 is 2.57 bits per heavy atom. The van der Waals surface area contributed by atoms with Crippen LogP contribution in [0.15, 0.2) is 24.3 Å². The molecule has 2 aromatic rings. The Kier molecular flexibility index (Phi) is 3.40. The van der Waals surface area contributed by atoms with E-state index in [2.05, 4.69) is 68.8 Å². The molecule has 1 aliphatic heterocycles. The van der Waals surface area contributed by atoms with Crippen molar-refractivity contribution in [1.82, 2.24) is 9.88 Å². The Morgan fingerprint density at radius 2 is 1.86 bits per heavy atom. The lowest BCUT2D eigenvalue weighted by Gasteiger charge is -2.43. The Morgan fingerprint density at radius 1 is 1.14 bits per heavy atom. The zero-order valence-corrected chi connectivity index (χ0v) is 14.1. The first-order valence-corrected chi connectivity index (χ1v) is 8.26. The van der Waals surface area contributed by atoms with Crippen LogP contribution in [0.5, 0.6) is 0 Å². The lowest BCUT2D eigenvalue weighted by Crippen LogP contribution is -2.55. The fraction of sp³-hybridized carbons (Fsp3) is 0.579. The van der Waals surface area contributed by atoms with Crippen LogP contribution in [0.25, 0.3) is 10.9 Å². The third-order valence-electron chi connectivity index (χ3n) is 4.70. The highest BCUT2D eigenvalue weighted by atomic mass is 15.1. The van der Waals surface area contributed by atoms with Crippen LogP contribution in [-0.4, -0.2) is 10.1 Å². The van der Waals surface area contributed by atoms with Crippen molar-refractivity contribution in [2.45, 2.75) is 71.5 Å². The molecule has 0 atom stereocenters. The Balaban J connectivity index is 2.27. The fourth-order valence-electron chi connectivity index (χ4n) is 4.18. The third kappa shape index (κ3) is 2.40. The number of nitrogens with zero attached hydrogens (tertiary/aromatic N) is 1. The molecule has 0 saturated carbocycles. The molecule has 0 saturated heterocycles. The molecule has 0 aliphatic carbocycles. The zero-order chi connectivity index (χ0) is 15.3. The second kappa shape index (κ2) is 4.88. The summed E-state index contributed by atoms with van der Waals surface area (Å²) in [5.41, 5.74) is 4.62. The van der Waals surface area contributed by atoms with Gasteiger partial charge in [0.05, 0.1) is 0 Å². The van der Waals surface area contributed by atoms with Gasteiger partial charge >= 0.3 is 0 Å². The van der Waals surface area contributed by atoms with Gasteiger partial charge in [-0.1, -0.05) is 31.5 Å². The van der Waals surface area contributed by atoms with Crippen molar-refractivity contribution in [3.05, 3.63) is 35.5 Å². The summed E-state index contributed by atoms with van der Waals surface area (Å²) in [5.74, 6) is 0. The largest absolute Gasteiger partial charge is 0.344 e. The number of benzene rings is 1. The quantitative estimate of drug-likeness (QED) is 0.871. The van der Waals surface area contributed by atoms with E-state index in [4.69, 9.17) is 0 Å². The highest BCUT2D eigenvalue weighted by molar-refractivity contribution is 5.87. The third-order valence-corrected chi connectivity index (χ3v) is 4.70. The number of aromatic nitrogens is 1. The first-order valence-electron chi connectivity index (χ1n) is 8.26. The summed E-state index contributed by atoms with van der Waals surface area (Å²) in [6.45, 7) is 12.7. The van der Waals surface area contributed by atoms with Crippen molar-refractivity contribution in [3.63, 3.8) is 0 Å². The predicted molar refractivity (Wildman–Crippen MR) is 90.8 cm³/mol. The van der Waals surface area contributed by atoms with E-state index in [1.807, 2.05) is 0 Å². The van der Waals surface area contributed by atoms with Gasteiger partial charge in [0, 0.05) is 46.2 Å². The zero-order valence-electron chi connectivity index (χ0n) is 14.1. The molecule has 0 amide bonds. The van der Waals surface area contributed by atoms with Gasteiger partial charge in [0.25, 0.3) is 0 Å². The fourth-order valence-corrected chi connectivity index (χ4v) is 4.18. The van der Waals surface area contributed by atoms with E-state index < -0.39 is 0 Å². The minimum absolute atomic E-state index is 0.0220. The van der Waals surface area contributed by atoms with Crippen molar-refractivity contribution >= 4 is 10.9 Å². The predicted octanol–water partition coefficient (Wildman–Crippen LogP) is 4.60. The number of hydrogen-bond donors (Lipinski definition) is 1. The average molecular weight is 284 g/mol. The summed E-state index contributed by atoms with van der Waals surface area (Å²) in [6, 6.07) is 8.91. The first-order chi connectivity index (χ1) is 9.86. The SMILES string of the molecule is CCCCn1c2c(c3ccccc31)C(C)(C)NC(C)(C)C2. The highest BCUT2D eigenvalue weighted by Crippen LogP contribution is 2.40. The summed E-state index contributed by atoms with van der Waals surface area (Å²) in [6.07, 6.45) is 3.59. The van der Waals surface area contributed by atoms with Crippen LogP contribution in [0.1, 0.15) is 58.7 Å². The molecule has 0 radical (unpaired) electrons. The number of aryl methyl sites for hydroxylation is 1. The monoisotopic (exact) mass is 284 g/mol. The molecule has 0 fully saturated rings. The minimum Gasteiger partial charge on any atom is -0.344 e. The van der Waals surface area contributed by atoms with Crippen LogP contribution in [0.4, 0.5) is 0 Å². The lowest BCUT2D eigenvalue weighted by molar-refractivity contribution is 0.238. The van der Waals surface area contributed by atoms with Gasteiger partial charge in [-0.15, -0.1) is 0 Å². The summed E-state index contributed by atoms with van der Waals surface area (Å²) in [4.78, 5) is 0. The molecule has 2 nitrogen and oxygen atoms in total. The molecule has 3 rings (SSSR count). The van der Waals surface area contributed by atoms with E-state index in [1.54, 1.807) is 5.69 Å². The molecule has 0 unspecified atom stereocenters. The summed E-state index contributed by atoms with van der Waals surface area (Å²) in [5, 5.41) is 5.26. The van der Waals surface area contributed by atoms with Crippen LogP contribution >= 0.6 is 0 Å². The Labute approximate surface area is 128 Å². The minimum atomic E-state index is 0.0220. The van der Waals surface area contributed by atoms with Crippen molar-refractivity contribution < 1.29 is 0 Å². The topological polar surface area (TPSA) is 17.0 Å². The maximum atomic E-state index is 3.84. The number of para-hydroxylation sites is 1. The lowest BCUT2D eigenvalue weighted by atomic mass is 9.80. The number of unbranched alkanes of at least 4 members (excludes halogenated alkanes) is 1. The van der Waals surface area contributed by atoms with Gasteiger partial charge in [-0.2, -0.15) is 0 Å². The Hall–Kier alpha value is -1.28. The highest BCUT2D eigenvalue weighted by Gasteiger charge is 2.40. The molecule has 0 bridgehead atoms. The van der Waals surface area contributed by atoms with E-state index >= 15 is 0 Å². The number of nitrogens with one attached hydrogen (secondary N) is 1. The Bertz CT molecular complexity index is 662. The van der Waals surface area contributed by atoms with Crippen molar-refractivity contribution in [3.8, 4) is 0 Å². The second-order valence-corrected chi connectivity index (χ2v) is 7.65. The van der Waals surface area contributed by atoms with Gasteiger partial charge in [0.1, 0.15) is 0 Å². The molecular formula is C19H28N2. The van der Waals surface area contributed by atoms with Crippen molar-refractivity contribution in [2.24, 2.45) is 0 Å². The molecule has 0 spiro atoms. The van der Waals surface area contributed by atoms with Crippen LogP contribution < -0.4 is 5.32 Å². The smallest absolute Gasteiger partial charge is 0.0486 e. The number of hydrogen-bond acceptors (Lipinski definition) is 1. The normalized spacial score (nSPS) is 19.7. The van der Waals surface area contributed by atoms with E-state index in [0.717, 1.165) is 13.0 Å². The average Bonchev–Trinajstić information content (AvgIpc) is 2.68. The van der Waals surface area contributed by atoms with Gasteiger partial charge in [-0.25, -0.2) is 0 Å². The summed E-state index contributed by atoms with van der Waals surface area (Å²) < 4.78 is 2.58. The van der Waals surface area contributed by atoms with Crippen molar-refractivity contribution in [2.75, 3.05) is 0 Å². The van der Waals surface area contributed by atoms with Crippen LogP contribution in [0.3, 0.4) is 0 Å².